The second-order valence-corrected chi connectivity index (χ2v) is 5.25. The molecule has 0 aliphatic carbocycles. The quantitative estimate of drug-likeness (QED) is 0.912. The van der Waals surface area contributed by atoms with Crippen molar-refractivity contribution >= 4 is 11.6 Å². The molecule has 0 spiro atoms. The van der Waals surface area contributed by atoms with Gasteiger partial charge >= 0.3 is 0 Å². The van der Waals surface area contributed by atoms with Crippen molar-refractivity contribution in [1.29, 1.82) is 0 Å². The van der Waals surface area contributed by atoms with Gasteiger partial charge in [-0.1, -0.05) is 23.7 Å². The van der Waals surface area contributed by atoms with Crippen molar-refractivity contribution in [2.24, 2.45) is 5.73 Å². The number of hydrogen-bond donors (Lipinski definition) is 1. The van der Waals surface area contributed by atoms with E-state index in [9.17, 15) is 0 Å². The highest BCUT2D eigenvalue weighted by molar-refractivity contribution is 6.30. The summed E-state index contributed by atoms with van der Waals surface area (Å²) in [6.07, 6.45) is 2.15. The lowest BCUT2D eigenvalue weighted by Crippen LogP contribution is -2.41. The Balaban J connectivity index is 2.11. The van der Waals surface area contributed by atoms with Crippen molar-refractivity contribution in [2.75, 3.05) is 26.8 Å². The van der Waals surface area contributed by atoms with Gasteiger partial charge in [-0.15, -0.1) is 0 Å². The zero-order valence-corrected chi connectivity index (χ0v) is 11.6. The fraction of sp³-hybridized carbons (Fsp3) is 0.571. The average Bonchev–Trinajstić information content (AvgIpc) is 2.40. The molecule has 4 heteroatoms. The molecule has 1 saturated heterocycles. The first kappa shape index (κ1) is 13.8. The van der Waals surface area contributed by atoms with Gasteiger partial charge in [-0.05, 0) is 37.6 Å². The molecule has 1 aromatic rings. The van der Waals surface area contributed by atoms with E-state index in [-0.39, 0.29) is 6.04 Å². The molecule has 0 bridgehead atoms. The van der Waals surface area contributed by atoms with Crippen molar-refractivity contribution in [3.63, 3.8) is 0 Å². The van der Waals surface area contributed by atoms with Crippen LogP contribution in [0.5, 0.6) is 0 Å². The van der Waals surface area contributed by atoms with E-state index in [1.807, 2.05) is 18.2 Å². The van der Waals surface area contributed by atoms with Crippen LogP contribution in [0.1, 0.15) is 24.4 Å². The Labute approximate surface area is 114 Å². The van der Waals surface area contributed by atoms with Gasteiger partial charge in [0.2, 0.25) is 0 Å². The van der Waals surface area contributed by atoms with Gasteiger partial charge in [0.05, 0.1) is 0 Å². The molecule has 2 N–H and O–H groups in total. The summed E-state index contributed by atoms with van der Waals surface area (Å²) < 4.78 is 5.41. The van der Waals surface area contributed by atoms with Crippen LogP contribution in [0, 0.1) is 0 Å². The lowest BCUT2D eigenvalue weighted by molar-refractivity contribution is 0.0294. The molecule has 1 fully saturated rings. The Morgan fingerprint density at radius 2 is 2.17 bits per heavy atom. The molecule has 18 heavy (non-hydrogen) atoms. The van der Waals surface area contributed by atoms with Gasteiger partial charge in [0.1, 0.15) is 0 Å². The van der Waals surface area contributed by atoms with E-state index in [0.29, 0.717) is 12.6 Å². The van der Waals surface area contributed by atoms with E-state index in [0.717, 1.165) is 31.1 Å². The van der Waals surface area contributed by atoms with Crippen LogP contribution in [0.4, 0.5) is 0 Å². The van der Waals surface area contributed by atoms with E-state index in [1.165, 1.54) is 5.56 Å². The van der Waals surface area contributed by atoms with Crippen molar-refractivity contribution in [2.45, 2.75) is 24.9 Å². The van der Waals surface area contributed by atoms with Crippen LogP contribution < -0.4 is 5.73 Å². The van der Waals surface area contributed by atoms with E-state index < -0.39 is 0 Å². The highest BCUT2D eigenvalue weighted by Crippen LogP contribution is 2.26. The van der Waals surface area contributed by atoms with Crippen molar-refractivity contribution in [3.05, 3.63) is 34.9 Å². The van der Waals surface area contributed by atoms with Crippen LogP contribution in [0.25, 0.3) is 0 Å². The number of rotatable bonds is 4. The van der Waals surface area contributed by atoms with Crippen molar-refractivity contribution in [1.82, 2.24) is 4.90 Å². The smallest absolute Gasteiger partial charge is 0.0480 e. The monoisotopic (exact) mass is 268 g/mol. The second-order valence-electron chi connectivity index (χ2n) is 4.82. The number of hydrogen-bond acceptors (Lipinski definition) is 3. The molecule has 1 unspecified atom stereocenters. The highest BCUT2D eigenvalue weighted by Gasteiger charge is 2.25. The summed E-state index contributed by atoms with van der Waals surface area (Å²) in [6.45, 7) is 2.30. The lowest BCUT2D eigenvalue weighted by atomic mass is 10.0. The number of nitrogens with zero attached hydrogens (tertiary/aromatic N) is 1. The van der Waals surface area contributed by atoms with Crippen LogP contribution in [-0.4, -0.2) is 37.7 Å². The molecule has 0 radical (unpaired) electrons. The molecule has 1 heterocycles. The maximum Gasteiger partial charge on any atom is 0.0480 e. The minimum atomic E-state index is 0.229. The average molecular weight is 269 g/mol. The predicted octanol–water partition coefficient (Wildman–Crippen LogP) is 2.45. The Kier molecular flexibility index (Phi) is 5.01. The highest BCUT2D eigenvalue weighted by atomic mass is 35.5. The third kappa shape index (κ3) is 3.23. The maximum atomic E-state index is 6.06. The number of ether oxygens (including phenoxy) is 1. The molecule has 0 aromatic heterocycles. The Morgan fingerprint density at radius 1 is 1.44 bits per heavy atom. The normalized spacial score (nSPS) is 19.1. The number of benzene rings is 1. The summed E-state index contributed by atoms with van der Waals surface area (Å²) in [5.41, 5.74) is 7.14. The zero-order valence-electron chi connectivity index (χ0n) is 10.8. The van der Waals surface area contributed by atoms with E-state index in [1.54, 1.807) is 0 Å². The van der Waals surface area contributed by atoms with Gasteiger partial charge in [0, 0.05) is 36.9 Å². The number of nitrogens with two attached hydrogens (primary N) is 1. The first-order chi connectivity index (χ1) is 8.72. The van der Waals surface area contributed by atoms with Crippen molar-refractivity contribution < 1.29 is 4.74 Å². The second kappa shape index (κ2) is 6.53. The summed E-state index contributed by atoms with van der Waals surface area (Å²) in [7, 11) is 2.15. The first-order valence-electron chi connectivity index (χ1n) is 6.47. The molecular formula is C14H21ClN2O. The maximum absolute atomic E-state index is 6.06. The molecule has 0 amide bonds. The van der Waals surface area contributed by atoms with Crippen LogP contribution in [0.2, 0.25) is 5.02 Å². The molecule has 2 rings (SSSR count). The molecule has 1 aromatic carbocycles. The summed E-state index contributed by atoms with van der Waals surface area (Å²) in [6, 6.07) is 8.76. The Bertz CT molecular complexity index is 380. The van der Waals surface area contributed by atoms with Gasteiger partial charge in [0.15, 0.2) is 0 Å². The topological polar surface area (TPSA) is 38.5 Å². The third-order valence-electron chi connectivity index (χ3n) is 3.72. The molecule has 100 valence electrons. The zero-order chi connectivity index (χ0) is 13.0. The van der Waals surface area contributed by atoms with Gasteiger partial charge < -0.3 is 10.5 Å². The fourth-order valence-electron chi connectivity index (χ4n) is 2.60. The van der Waals surface area contributed by atoms with Crippen LogP contribution in [0.3, 0.4) is 0 Å². The van der Waals surface area contributed by atoms with Gasteiger partial charge in [-0.2, -0.15) is 0 Å². The van der Waals surface area contributed by atoms with E-state index in [4.69, 9.17) is 22.1 Å². The minimum Gasteiger partial charge on any atom is -0.381 e. The molecule has 1 aliphatic heterocycles. The summed E-state index contributed by atoms with van der Waals surface area (Å²) in [5, 5.41) is 0.770. The van der Waals surface area contributed by atoms with Crippen LogP contribution >= 0.6 is 11.6 Å². The predicted molar refractivity (Wildman–Crippen MR) is 74.9 cm³/mol. The number of likely N-dealkylation sites (N-methyl/N-ethyl adjacent to an activating group) is 1. The van der Waals surface area contributed by atoms with Crippen molar-refractivity contribution in [3.8, 4) is 0 Å². The third-order valence-corrected chi connectivity index (χ3v) is 3.95. The molecule has 1 aliphatic rings. The molecule has 3 nitrogen and oxygen atoms in total. The van der Waals surface area contributed by atoms with Crippen LogP contribution in [-0.2, 0) is 4.74 Å². The number of halogens is 1. The van der Waals surface area contributed by atoms with Gasteiger partial charge in [-0.3, -0.25) is 4.90 Å². The van der Waals surface area contributed by atoms with E-state index >= 15 is 0 Å². The van der Waals surface area contributed by atoms with Crippen LogP contribution in [0.15, 0.2) is 24.3 Å². The standard InChI is InChI=1S/C14H21ClN2O/c1-17(13-5-7-18-8-6-13)14(10-16)11-3-2-4-12(15)9-11/h2-4,9,13-14H,5-8,10,16H2,1H3. The van der Waals surface area contributed by atoms with Gasteiger partial charge in [0.25, 0.3) is 0 Å². The fourth-order valence-corrected chi connectivity index (χ4v) is 2.80. The Morgan fingerprint density at radius 3 is 2.78 bits per heavy atom. The summed E-state index contributed by atoms with van der Waals surface area (Å²) >= 11 is 6.06. The van der Waals surface area contributed by atoms with Gasteiger partial charge in [-0.25, -0.2) is 0 Å². The molecular weight excluding hydrogens is 248 g/mol. The summed E-state index contributed by atoms with van der Waals surface area (Å²) in [5.74, 6) is 0. The summed E-state index contributed by atoms with van der Waals surface area (Å²) in [4.78, 5) is 2.37. The van der Waals surface area contributed by atoms with E-state index in [2.05, 4.69) is 18.0 Å². The largest absolute Gasteiger partial charge is 0.381 e. The molecule has 0 saturated carbocycles. The Hall–Kier alpha value is -0.610. The minimum absolute atomic E-state index is 0.229. The molecule has 1 atom stereocenters. The SMILES string of the molecule is CN(C1CCOCC1)C(CN)c1cccc(Cl)c1. The lowest BCUT2D eigenvalue weighted by Gasteiger charge is -2.37. The first-order valence-corrected chi connectivity index (χ1v) is 6.85.